The zero-order valence-electron chi connectivity index (χ0n) is 9.87. The van der Waals surface area contributed by atoms with Gasteiger partial charge in [-0.1, -0.05) is 0 Å². The second kappa shape index (κ2) is 5.49. The van der Waals surface area contributed by atoms with Crippen LogP contribution in [-0.4, -0.2) is 31.3 Å². The summed E-state index contributed by atoms with van der Waals surface area (Å²) < 4.78 is 3.65. The van der Waals surface area contributed by atoms with E-state index in [1.54, 1.807) is 10.9 Å². The molecule has 0 aromatic carbocycles. The van der Waals surface area contributed by atoms with Crippen LogP contribution in [0.4, 0.5) is 5.82 Å². The molecule has 0 saturated heterocycles. The van der Waals surface area contributed by atoms with Crippen LogP contribution in [0.3, 0.4) is 0 Å². The molecule has 2 aromatic rings. The molecule has 0 unspecified atom stereocenters. The minimum Gasteiger partial charge on any atom is -0.394 e. The summed E-state index contributed by atoms with van der Waals surface area (Å²) in [5, 5.41) is 20.5. The highest BCUT2D eigenvalue weighted by Gasteiger charge is 2.02. The predicted molar refractivity (Wildman–Crippen MR) is 64.5 cm³/mol. The highest BCUT2D eigenvalue weighted by Crippen LogP contribution is 2.06. The number of aliphatic hydroxyl groups is 1. The average Bonchev–Trinajstić information content (AvgIpc) is 2.95. The van der Waals surface area contributed by atoms with Gasteiger partial charge in [-0.15, -0.1) is 0 Å². The second-order valence-corrected chi connectivity index (χ2v) is 3.68. The lowest BCUT2D eigenvalue weighted by molar-refractivity contribution is 0.269. The maximum Gasteiger partial charge on any atom is 0.148 e. The van der Waals surface area contributed by atoms with Gasteiger partial charge < -0.3 is 10.4 Å². The van der Waals surface area contributed by atoms with E-state index in [0.717, 1.165) is 18.1 Å². The largest absolute Gasteiger partial charge is 0.394 e. The summed E-state index contributed by atoms with van der Waals surface area (Å²) in [4.78, 5) is 0. The maximum absolute atomic E-state index is 8.78. The highest BCUT2D eigenvalue weighted by molar-refractivity contribution is 5.32. The number of nitrogens with zero attached hydrogens (tertiary/aromatic N) is 4. The van der Waals surface area contributed by atoms with Crippen LogP contribution >= 0.6 is 0 Å². The molecule has 17 heavy (non-hydrogen) atoms. The normalized spacial score (nSPS) is 10.7. The van der Waals surface area contributed by atoms with E-state index < -0.39 is 0 Å². The number of nitrogens with one attached hydrogen (secondary N) is 1. The van der Waals surface area contributed by atoms with E-state index in [-0.39, 0.29) is 6.61 Å². The second-order valence-electron chi connectivity index (χ2n) is 3.68. The van der Waals surface area contributed by atoms with Gasteiger partial charge in [-0.25, -0.2) is 0 Å². The third-order valence-electron chi connectivity index (χ3n) is 2.52. The first-order chi connectivity index (χ1) is 8.33. The summed E-state index contributed by atoms with van der Waals surface area (Å²) in [5.74, 6) is 0.808. The van der Waals surface area contributed by atoms with Crippen molar-refractivity contribution in [2.45, 2.75) is 26.6 Å². The third kappa shape index (κ3) is 2.85. The van der Waals surface area contributed by atoms with Crippen LogP contribution in [0, 0.1) is 0 Å². The number of hydrogen-bond donors (Lipinski definition) is 2. The summed E-state index contributed by atoms with van der Waals surface area (Å²) in [6.45, 7) is 4.25. The van der Waals surface area contributed by atoms with Gasteiger partial charge in [0.25, 0.3) is 0 Å². The standard InChI is InChI=1S/C11H17N5O/c1-2-16-10(3-5-13-16)9-12-11-4-6-15(14-11)7-8-17/h3-6,17H,2,7-9H2,1H3,(H,12,14). The van der Waals surface area contributed by atoms with Gasteiger partial charge in [-0.3, -0.25) is 9.36 Å². The Bertz CT molecular complexity index is 462. The summed E-state index contributed by atoms with van der Waals surface area (Å²) in [6.07, 6.45) is 3.64. The molecule has 2 heterocycles. The number of aryl methyl sites for hydroxylation is 1. The topological polar surface area (TPSA) is 67.9 Å². The number of aliphatic hydroxyl groups excluding tert-OH is 1. The van der Waals surface area contributed by atoms with Crippen LogP contribution in [0.5, 0.6) is 0 Å². The smallest absolute Gasteiger partial charge is 0.148 e. The lowest BCUT2D eigenvalue weighted by Crippen LogP contribution is -2.09. The van der Waals surface area contributed by atoms with Crippen molar-refractivity contribution >= 4 is 5.82 Å². The molecule has 0 amide bonds. The molecule has 0 bridgehead atoms. The molecular formula is C11H17N5O. The molecule has 2 N–H and O–H groups in total. The Morgan fingerprint density at radius 1 is 1.41 bits per heavy atom. The molecule has 92 valence electrons. The Morgan fingerprint density at radius 3 is 3.06 bits per heavy atom. The quantitative estimate of drug-likeness (QED) is 0.773. The van der Waals surface area contributed by atoms with E-state index in [9.17, 15) is 0 Å². The van der Waals surface area contributed by atoms with Gasteiger partial charge in [0, 0.05) is 25.0 Å². The predicted octanol–water partition coefficient (Wildman–Crippen LogP) is 0.704. The molecule has 6 heteroatoms. The molecular weight excluding hydrogens is 218 g/mol. The molecule has 0 aliphatic heterocycles. The van der Waals surface area contributed by atoms with Crippen molar-refractivity contribution in [3.63, 3.8) is 0 Å². The molecule has 2 aromatic heterocycles. The molecule has 0 radical (unpaired) electrons. The maximum atomic E-state index is 8.78. The van der Waals surface area contributed by atoms with Gasteiger partial charge in [0.05, 0.1) is 25.4 Å². The van der Waals surface area contributed by atoms with E-state index in [1.807, 2.05) is 23.0 Å². The minimum absolute atomic E-state index is 0.101. The van der Waals surface area contributed by atoms with Gasteiger partial charge in [-0.05, 0) is 13.0 Å². The van der Waals surface area contributed by atoms with Gasteiger partial charge in [0.15, 0.2) is 0 Å². The Morgan fingerprint density at radius 2 is 2.29 bits per heavy atom. The fourth-order valence-corrected chi connectivity index (χ4v) is 1.66. The lowest BCUT2D eigenvalue weighted by Gasteiger charge is -2.05. The van der Waals surface area contributed by atoms with Crippen molar-refractivity contribution < 1.29 is 5.11 Å². The van der Waals surface area contributed by atoms with Crippen molar-refractivity contribution in [1.82, 2.24) is 19.6 Å². The van der Waals surface area contributed by atoms with Crippen LogP contribution in [0.15, 0.2) is 24.5 Å². The Balaban J connectivity index is 1.93. The summed E-state index contributed by atoms with van der Waals surface area (Å²) in [6, 6.07) is 3.88. The minimum atomic E-state index is 0.101. The highest BCUT2D eigenvalue weighted by atomic mass is 16.3. The first-order valence-electron chi connectivity index (χ1n) is 5.72. The Kier molecular flexibility index (Phi) is 3.77. The van der Waals surface area contributed by atoms with Crippen LogP contribution in [0.25, 0.3) is 0 Å². The number of hydrogen-bond acceptors (Lipinski definition) is 4. The van der Waals surface area contributed by atoms with Gasteiger partial charge in [-0.2, -0.15) is 10.2 Å². The van der Waals surface area contributed by atoms with Crippen LogP contribution in [0.1, 0.15) is 12.6 Å². The van der Waals surface area contributed by atoms with Crippen molar-refractivity contribution in [1.29, 1.82) is 0 Å². The molecule has 0 aliphatic carbocycles. The lowest BCUT2D eigenvalue weighted by atomic mass is 10.4. The van der Waals surface area contributed by atoms with E-state index in [2.05, 4.69) is 22.4 Å². The van der Waals surface area contributed by atoms with Crippen molar-refractivity contribution in [3.05, 3.63) is 30.2 Å². The Labute approximate surface area is 99.9 Å². The van der Waals surface area contributed by atoms with Gasteiger partial charge in [0.1, 0.15) is 5.82 Å². The summed E-state index contributed by atoms with van der Waals surface area (Å²) >= 11 is 0. The zero-order valence-corrected chi connectivity index (χ0v) is 9.87. The first-order valence-corrected chi connectivity index (χ1v) is 5.72. The Hall–Kier alpha value is -1.82. The van der Waals surface area contributed by atoms with E-state index in [4.69, 9.17) is 5.11 Å². The molecule has 2 rings (SSSR count). The summed E-state index contributed by atoms with van der Waals surface area (Å²) in [7, 11) is 0. The number of aromatic nitrogens is 4. The van der Waals surface area contributed by atoms with Crippen LogP contribution in [0.2, 0.25) is 0 Å². The molecule has 0 fully saturated rings. The fraction of sp³-hybridized carbons (Fsp3) is 0.455. The average molecular weight is 235 g/mol. The van der Waals surface area contributed by atoms with E-state index >= 15 is 0 Å². The first kappa shape index (κ1) is 11.7. The molecule has 6 nitrogen and oxygen atoms in total. The SMILES string of the molecule is CCn1nccc1CNc1ccn(CCO)n1. The fourth-order valence-electron chi connectivity index (χ4n) is 1.66. The summed E-state index contributed by atoms with van der Waals surface area (Å²) in [5.41, 5.74) is 1.13. The monoisotopic (exact) mass is 235 g/mol. The van der Waals surface area contributed by atoms with Crippen molar-refractivity contribution in [2.75, 3.05) is 11.9 Å². The van der Waals surface area contributed by atoms with Crippen molar-refractivity contribution in [2.24, 2.45) is 0 Å². The molecule has 0 atom stereocenters. The van der Waals surface area contributed by atoms with Crippen LogP contribution in [-0.2, 0) is 19.6 Å². The zero-order chi connectivity index (χ0) is 12.1. The molecule has 0 spiro atoms. The van der Waals surface area contributed by atoms with E-state index in [1.165, 1.54) is 0 Å². The van der Waals surface area contributed by atoms with Crippen LogP contribution < -0.4 is 5.32 Å². The van der Waals surface area contributed by atoms with Gasteiger partial charge in [0.2, 0.25) is 0 Å². The molecule has 0 aliphatic rings. The van der Waals surface area contributed by atoms with E-state index in [0.29, 0.717) is 13.1 Å². The van der Waals surface area contributed by atoms with Crippen molar-refractivity contribution in [3.8, 4) is 0 Å². The third-order valence-corrected chi connectivity index (χ3v) is 2.52. The van der Waals surface area contributed by atoms with Gasteiger partial charge >= 0.3 is 0 Å². The molecule has 0 saturated carbocycles. The number of rotatable bonds is 6. The number of anilines is 1.